The van der Waals surface area contributed by atoms with Crippen molar-refractivity contribution in [2.45, 2.75) is 60.3 Å². The SMILES string of the molecule is C=C/C(F)=C\C(=C)C(C)CCC(C)C(C)CCC(C)C. The second-order valence-electron chi connectivity index (χ2n) is 6.71. The Labute approximate surface area is 125 Å². The van der Waals surface area contributed by atoms with E-state index >= 15 is 0 Å². The highest BCUT2D eigenvalue weighted by Crippen LogP contribution is 2.27. The van der Waals surface area contributed by atoms with Crippen LogP contribution in [0, 0.1) is 23.7 Å². The minimum absolute atomic E-state index is 0.291. The zero-order valence-corrected chi connectivity index (χ0v) is 14.1. The lowest BCUT2D eigenvalue weighted by Crippen LogP contribution is -2.11. The predicted molar refractivity (Wildman–Crippen MR) is 89.3 cm³/mol. The third kappa shape index (κ3) is 8.35. The van der Waals surface area contributed by atoms with Crippen LogP contribution in [0.4, 0.5) is 4.39 Å². The van der Waals surface area contributed by atoms with Crippen molar-refractivity contribution < 1.29 is 4.39 Å². The van der Waals surface area contributed by atoms with Gasteiger partial charge in [-0.05, 0) is 54.2 Å². The molecule has 0 aliphatic rings. The minimum Gasteiger partial charge on any atom is -0.207 e. The first kappa shape index (κ1) is 19.1. The van der Waals surface area contributed by atoms with Crippen LogP contribution in [0.15, 0.2) is 36.7 Å². The molecule has 0 nitrogen and oxygen atoms in total. The Morgan fingerprint density at radius 2 is 1.45 bits per heavy atom. The lowest BCUT2D eigenvalue weighted by atomic mass is 9.83. The fraction of sp³-hybridized carbons (Fsp3) is 0.684. The molecule has 0 aromatic carbocycles. The standard InChI is InChI=1S/C19H33F/c1-8-19(20)13-18(7)17(6)12-11-16(5)15(4)10-9-14(2)3/h8,13-17H,1,7,9-12H2,2-6H3/b19-13+. The molecule has 0 fully saturated rings. The van der Waals surface area contributed by atoms with E-state index in [1.165, 1.54) is 31.4 Å². The topological polar surface area (TPSA) is 0 Å². The normalized spacial score (nSPS) is 16.9. The molecule has 0 N–H and O–H groups in total. The molecule has 0 bridgehead atoms. The van der Waals surface area contributed by atoms with E-state index in [1.807, 2.05) is 0 Å². The summed E-state index contributed by atoms with van der Waals surface area (Å²) in [6, 6.07) is 0. The summed E-state index contributed by atoms with van der Waals surface area (Å²) in [5, 5.41) is 0. The zero-order valence-electron chi connectivity index (χ0n) is 14.1. The maximum absolute atomic E-state index is 13.1. The first-order valence-corrected chi connectivity index (χ1v) is 7.96. The minimum atomic E-state index is -0.291. The van der Waals surface area contributed by atoms with Crippen LogP contribution in [0.5, 0.6) is 0 Å². The first-order chi connectivity index (χ1) is 9.27. The average molecular weight is 280 g/mol. The monoisotopic (exact) mass is 280 g/mol. The quantitative estimate of drug-likeness (QED) is 0.390. The van der Waals surface area contributed by atoms with Gasteiger partial charge in [0.05, 0.1) is 0 Å². The van der Waals surface area contributed by atoms with E-state index in [2.05, 4.69) is 47.8 Å². The Kier molecular flexibility index (Phi) is 9.54. The van der Waals surface area contributed by atoms with E-state index < -0.39 is 0 Å². The molecular weight excluding hydrogens is 247 g/mol. The van der Waals surface area contributed by atoms with Gasteiger partial charge in [-0.15, -0.1) is 0 Å². The molecule has 0 spiro atoms. The van der Waals surface area contributed by atoms with Crippen molar-refractivity contribution in [1.29, 1.82) is 0 Å². The van der Waals surface area contributed by atoms with Gasteiger partial charge in [-0.1, -0.05) is 60.6 Å². The van der Waals surface area contributed by atoms with Gasteiger partial charge < -0.3 is 0 Å². The Morgan fingerprint density at radius 3 is 1.90 bits per heavy atom. The van der Waals surface area contributed by atoms with Crippen LogP contribution in [-0.2, 0) is 0 Å². The lowest BCUT2D eigenvalue weighted by Gasteiger charge is -2.22. The number of allylic oxidation sites excluding steroid dienone is 4. The molecule has 0 aromatic heterocycles. The smallest absolute Gasteiger partial charge is 0.122 e. The molecule has 1 heteroatoms. The summed E-state index contributed by atoms with van der Waals surface area (Å²) in [4.78, 5) is 0. The van der Waals surface area contributed by atoms with Crippen LogP contribution in [0.25, 0.3) is 0 Å². The second-order valence-corrected chi connectivity index (χ2v) is 6.71. The van der Waals surface area contributed by atoms with Crippen LogP contribution in [-0.4, -0.2) is 0 Å². The zero-order chi connectivity index (χ0) is 15.7. The first-order valence-electron chi connectivity index (χ1n) is 7.96. The van der Waals surface area contributed by atoms with Gasteiger partial charge in [0, 0.05) is 0 Å². The van der Waals surface area contributed by atoms with Gasteiger partial charge in [-0.2, -0.15) is 0 Å². The van der Waals surface area contributed by atoms with E-state index in [4.69, 9.17) is 0 Å². The third-order valence-electron chi connectivity index (χ3n) is 4.38. The van der Waals surface area contributed by atoms with Crippen molar-refractivity contribution >= 4 is 0 Å². The van der Waals surface area contributed by atoms with Crippen molar-refractivity contribution in [2.24, 2.45) is 23.7 Å². The van der Waals surface area contributed by atoms with Crippen molar-refractivity contribution in [3.8, 4) is 0 Å². The summed E-state index contributed by atoms with van der Waals surface area (Å²) in [6.07, 6.45) is 7.61. The van der Waals surface area contributed by atoms with Crippen molar-refractivity contribution in [1.82, 2.24) is 0 Å². The van der Waals surface area contributed by atoms with Gasteiger partial charge in [0.15, 0.2) is 0 Å². The van der Waals surface area contributed by atoms with Crippen molar-refractivity contribution in [3.63, 3.8) is 0 Å². The number of hydrogen-bond acceptors (Lipinski definition) is 0. The predicted octanol–water partition coefficient (Wildman–Crippen LogP) is 6.71. The number of hydrogen-bond donors (Lipinski definition) is 0. The Hall–Kier alpha value is -0.850. The molecule has 3 atom stereocenters. The van der Waals surface area contributed by atoms with Crippen LogP contribution >= 0.6 is 0 Å². The van der Waals surface area contributed by atoms with Gasteiger partial charge in [-0.3, -0.25) is 0 Å². The summed E-state index contributed by atoms with van der Waals surface area (Å²) in [7, 11) is 0. The van der Waals surface area contributed by atoms with E-state index in [1.54, 1.807) is 0 Å². The molecule has 0 radical (unpaired) electrons. The van der Waals surface area contributed by atoms with E-state index in [9.17, 15) is 4.39 Å². The molecule has 0 heterocycles. The molecule has 0 aromatic rings. The van der Waals surface area contributed by atoms with Crippen LogP contribution in [0.1, 0.15) is 60.3 Å². The van der Waals surface area contributed by atoms with Gasteiger partial charge in [0.2, 0.25) is 0 Å². The maximum Gasteiger partial charge on any atom is 0.122 e. The summed E-state index contributed by atoms with van der Waals surface area (Å²) < 4.78 is 13.1. The van der Waals surface area contributed by atoms with Crippen LogP contribution in [0.2, 0.25) is 0 Å². The van der Waals surface area contributed by atoms with Gasteiger partial charge in [0.25, 0.3) is 0 Å². The molecule has 116 valence electrons. The van der Waals surface area contributed by atoms with E-state index in [0.29, 0.717) is 5.92 Å². The molecule has 0 amide bonds. The Morgan fingerprint density at radius 1 is 0.950 bits per heavy atom. The molecule has 0 saturated carbocycles. The summed E-state index contributed by atoms with van der Waals surface area (Å²) in [6.45, 7) is 18.8. The van der Waals surface area contributed by atoms with Gasteiger partial charge >= 0.3 is 0 Å². The fourth-order valence-corrected chi connectivity index (χ4v) is 2.24. The van der Waals surface area contributed by atoms with Crippen LogP contribution in [0.3, 0.4) is 0 Å². The summed E-state index contributed by atoms with van der Waals surface area (Å²) in [5.74, 6) is 2.31. The highest BCUT2D eigenvalue weighted by Gasteiger charge is 2.15. The maximum atomic E-state index is 13.1. The van der Waals surface area contributed by atoms with Crippen molar-refractivity contribution in [3.05, 3.63) is 36.7 Å². The van der Waals surface area contributed by atoms with Crippen molar-refractivity contribution in [2.75, 3.05) is 0 Å². The highest BCUT2D eigenvalue weighted by atomic mass is 19.1. The molecule has 0 aliphatic carbocycles. The molecule has 0 aliphatic heterocycles. The Bertz CT molecular complexity index is 325. The molecule has 0 rings (SSSR count). The largest absolute Gasteiger partial charge is 0.207 e. The summed E-state index contributed by atoms with van der Waals surface area (Å²) >= 11 is 0. The Balaban J connectivity index is 4.13. The number of halogens is 1. The molecule has 20 heavy (non-hydrogen) atoms. The molecular formula is C19H33F. The van der Waals surface area contributed by atoms with E-state index in [0.717, 1.165) is 29.7 Å². The fourth-order valence-electron chi connectivity index (χ4n) is 2.24. The number of rotatable bonds is 10. The second kappa shape index (κ2) is 9.96. The van der Waals surface area contributed by atoms with Crippen LogP contribution < -0.4 is 0 Å². The molecule has 3 unspecified atom stereocenters. The lowest BCUT2D eigenvalue weighted by molar-refractivity contribution is 0.306. The molecule has 0 saturated heterocycles. The van der Waals surface area contributed by atoms with E-state index in [-0.39, 0.29) is 5.83 Å². The average Bonchev–Trinajstić information content (AvgIpc) is 2.40. The summed E-state index contributed by atoms with van der Waals surface area (Å²) in [5.41, 5.74) is 0.865. The third-order valence-corrected chi connectivity index (χ3v) is 4.38. The van der Waals surface area contributed by atoms with Gasteiger partial charge in [-0.25, -0.2) is 4.39 Å². The highest BCUT2D eigenvalue weighted by molar-refractivity contribution is 5.24. The van der Waals surface area contributed by atoms with Gasteiger partial charge in [0.1, 0.15) is 5.83 Å².